The summed E-state index contributed by atoms with van der Waals surface area (Å²) in [5.74, 6) is -6.03. The van der Waals surface area contributed by atoms with E-state index >= 15 is 0 Å². The average Bonchev–Trinajstić information content (AvgIpc) is 3.41. The average molecular weight is 642 g/mol. The number of carbonyl (C=O) groups excluding carboxylic acids is 3. The van der Waals surface area contributed by atoms with Crippen molar-refractivity contribution in [2.24, 2.45) is 0 Å². The van der Waals surface area contributed by atoms with E-state index in [9.17, 15) is 27.6 Å². The van der Waals surface area contributed by atoms with Crippen molar-refractivity contribution < 1.29 is 46.5 Å². The molecule has 0 amide bonds. The van der Waals surface area contributed by atoms with E-state index in [0.29, 0.717) is 17.2 Å². The lowest BCUT2D eigenvalue weighted by Gasteiger charge is -2.44. The van der Waals surface area contributed by atoms with Gasteiger partial charge in [-0.3, -0.25) is 14.4 Å². The molecule has 0 bridgehead atoms. The summed E-state index contributed by atoms with van der Waals surface area (Å²) in [6.45, 7) is 3.22. The lowest BCUT2D eigenvalue weighted by Crippen LogP contribution is -2.58. The Hall–Kier alpha value is -3.62. The van der Waals surface area contributed by atoms with Gasteiger partial charge < -0.3 is 18.9 Å². The molecule has 2 heterocycles. The Morgan fingerprint density at radius 2 is 1.67 bits per heavy atom. The van der Waals surface area contributed by atoms with Gasteiger partial charge in [-0.05, 0) is 42.0 Å². The van der Waals surface area contributed by atoms with Crippen molar-refractivity contribution in [2.45, 2.75) is 57.0 Å². The first-order chi connectivity index (χ1) is 20.4. The van der Waals surface area contributed by atoms with Gasteiger partial charge in [0.1, 0.15) is 29.9 Å². The molecule has 0 N–H and O–H groups in total. The van der Waals surface area contributed by atoms with Crippen LogP contribution in [0.1, 0.15) is 32.4 Å². The van der Waals surface area contributed by atoms with E-state index < -0.39 is 65.1 Å². The molecule has 15 heteroatoms. The maximum Gasteiger partial charge on any atom is 0.303 e. The SMILES string of the molecule is CC(=O)OCC1O[C@H](SCCc2cccc(Cl)c2)C(OC(C)=O)C(n2cc(-c3cc(F)c(F)c(F)c3)nn2)[C@H]1OC(C)=O. The number of thioether (sulfide) groups is 1. The molecule has 4 rings (SSSR count). The van der Waals surface area contributed by atoms with Crippen molar-refractivity contribution in [3.05, 3.63) is 70.6 Å². The predicted octanol–water partition coefficient (Wildman–Crippen LogP) is 4.68. The van der Waals surface area contributed by atoms with Crippen molar-refractivity contribution in [3.63, 3.8) is 0 Å². The van der Waals surface area contributed by atoms with Crippen LogP contribution >= 0.6 is 23.4 Å². The number of benzene rings is 2. The highest BCUT2D eigenvalue weighted by Crippen LogP contribution is 2.39. The first kappa shape index (κ1) is 32.3. The summed E-state index contributed by atoms with van der Waals surface area (Å²) in [6, 6.07) is 7.69. The molecule has 1 saturated heterocycles. The summed E-state index contributed by atoms with van der Waals surface area (Å²) < 4.78 is 65.4. The lowest BCUT2D eigenvalue weighted by atomic mass is 9.96. The number of ether oxygens (including phenoxy) is 4. The van der Waals surface area contributed by atoms with Gasteiger partial charge in [0.15, 0.2) is 29.7 Å². The van der Waals surface area contributed by atoms with Gasteiger partial charge in [0.25, 0.3) is 0 Å². The zero-order valence-corrected chi connectivity index (χ0v) is 24.7. The van der Waals surface area contributed by atoms with Crippen molar-refractivity contribution in [3.8, 4) is 11.3 Å². The monoisotopic (exact) mass is 641 g/mol. The molecule has 5 atom stereocenters. The van der Waals surface area contributed by atoms with Crippen LogP contribution in [-0.4, -0.2) is 69.0 Å². The molecule has 3 aromatic rings. The molecule has 10 nitrogen and oxygen atoms in total. The minimum atomic E-state index is -1.64. The number of aromatic nitrogens is 3. The van der Waals surface area contributed by atoms with E-state index in [4.69, 9.17) is 30.5 Å². The quantitative estimate of drug-likeness (QED) is 0.175. The number of nitrogens with zero attached hydrogens (tertiary/aromatic N) is 3. The summed E-state index contributed by atoms with van der Waals surface area (Å²) in [4.78, 5) is 36.2. The molecule has 1 aliphatic rings. The topological polar surface area (TPSA) is 119 Å². The number of hydrogen-bond donors (Lipinski definition) is 0. The van der Waals surface area contributed by atoms with Crippen molar-refractivity contribution >= 4 is 41.3 Å². The summed E-state index contributed by atoms with van der Waals surface area (Å²) in [6.07, 6.45) is -1.54. The van der Waals surface area contributed by atoms with E-state index in [1.807, 2.05) is 18.2 Å². The van der Waals surface area contributed by atoms with Gasteiger partial charge in [-0.2, -0.15) is 0 Å². The van der Waals surface area contributed by atoms with E-state index in [0.717, 1.165) is 24.6 Å². The molecule has 0 saturated carbocycles. The number of halogens is 4. The summed E-state index contributed by atoms with van der Waals surface area (Å²) in [5, 5.41) is 8.61. The molecule has 0 aliphatic carbocycles. The number of hydrogen-bond acceptors (Lipinski definition) is 10. The number of carbonyl (C=O) groups is 3. The van der Waals surface area contributed by atoms with Gasteiger partial charge in [-0.25, -0.2) is 17.9 Å². The Bertz CT molecular complexity index is 1470. The molecule has 1 fully saturated rings. The van der Waals surface area contributed by atoms with Crippen LogP contribution in [0.3, 0.4) is 0 Å². The van der Waals surface area contributed by atoms with Crippen molar-refractivity contribution in [1.29, 1.82) is 0 Å². The van der Waals surface area contributed by atoms with Crippen LogP contribution in [0.2, 0.25) is 5.02 Å². The first-order valence-electron chi connectivity index (χ1n) is 13.0. The Kier molecular flexibility index (Phi) is 10.7. The Labute approximate surface area is 253 Å². The summed E-state index contributed by atoms with van der Waals surface area (Å²) in [7, 11) is 0. The third-order valence-electron chi connectivity index (χ3n) is 6.33. The second-order valence-electron chi connectivity index (χ2n) is 9.57. The van der Waals surface area contributed by atoms with Crippen LogP contribution in [0.15, 0.2) is 42.6 Å². The Morgan fingerprint density at radius 1 is 1.00 bits per heavy atom. The van der Waals surface area contributed by atoms with Gasteiger partial charge in [0.2, 0.25) is 0 Å². The van der Waals surface area contributed by atoms with Crippen LogP contribution in [0.4, 0.5) is 13.2 Å². The molecular formula is C28H27ClF3N3O7S. The second kappa shape index (κ2) is 14.2. The zero-order chi connectivity index (χ0) is 31.3. The minimum absolute atomic E-state index is 0.0471. The molecule has 1 aliphatic heterocycles. The van der Waals surface area contributed by atoms with Crippen LogP contribution < -0.4 is 0 Å². The normalized spacial score (nSPS) is 21.7. The molecule has 1 aromatic heterocycles. The van der Waals surface area contributed by atoms with Gasteiger partial charge >= 0.3 is 17.9 Å². The number of aryl methyl sites for hydroxylation is 1. The maximum atomic E-state index is 14.0. The number of rotatable bonds is 10. The fourth-order valence-electron chi connectivity index (χ4n) is 4.56. The van der Waals surface area contributed by atoms with Gasteiger partial charge in [-0.15, -0.1) is 16.9 Å². The molecule has 3 unspecified atom stereocenters. The van der Waals surface area contributed by atoms with Crippen molar-refractivity contribution in [1.82, 2.24) is 15.0 Å². The van der Waals surface area contributed by atoms with Gasteiger partial charge in [0.05, 0.1) is 6.20 Å². The van der Waals surface area contributed by atoms with Crippen LogP contribution in [0.5, 0.6) is 0 Å². The highest BCUT2D eigenvalue weighted by atomic mass is 35.5. The lowest BCUT2D eigenvalue weighted by molar-refractivity contribution is -0.212. The standard InChI is InChI=1S/C28H27ClF3N3O7S/c1-14(36)39-13-23-26(40-15(2)37)25(35-12-22(33-34-35)18-10-20(30)24(32)21(31)11-18)27(41-16(3)38)28(42-23)43-8-7-17-5-4-6-19(29)9-17/h4-6,9-12,23,25-28H,7-8,13H2,1-3H3/t23?,25?,26-,27?,28+/m0/s1. The van der Waals surface area contributed by atoms with E-state index in [1.165, 1.54) is 36.5 Å². The Balaban J connectivity index is 1.72. The summed E-state index contributed by atoms with van der Waals surface area (Å²) >= 11 is 7.39. The highest BCUT2D eigenvalue weighted by molar-refractivity contribution is 7.99. The third kappa shape index (κ3) is 8.27. The third-order valence-corrected chi connectivity index (χ3v) is 7.71. The van der Waals surface area contributed by atoms with E-state index in [1.54, 1.807) is 6.07 Å². The van der Waals surface area contributed by atoms with Crippen LogP contribution in [-0.2, 0) is 39.8 Å². The van der Waals surface area contributed by atoms with Crippen LogP contribution in [0, 0.1) is 17.5 Å². The molecular weight excluding hydrogens is 615 g/mol. The fourth-order valence-corrected chi connectivity index (χ4v) is 5.99. The maximum absolute atomic E-state index is 14.0. The van der Waals surface area contributed by atoms with Gasteiger partial charge in [-0.1, -0.05) is 28.9 Å². The molecule has 230 valence electrons. The largest absolute Gasteiger partial charge is 0.463 e. The molecule has 43 heavy (non-hydrogen) atoms. The second-order valence-corrected chi connectivity index (χ2v) is 11.2. The van der Waals surface area contributed by atoms with E-state index in [-0.39, 0.29) is 17.9 Å². The van der Waals surface area contributed by atoms with E-state index in [2.05, 4.69) is 10.3 Å². The molecule has 2 aromatic carbocycles. The molecule has 0 spiro atoms. The van der Waals surface area contributed by atoms with Crippen molar-refractivity contribution in [2.75, 3.05) is 12.4 Å². The first-order valence-corrected chi connectivity index (χ1v) is 14.4. The van der Waals surface area contributed by atoms with Gasteiger partial charge in [0, 0.05) is 31.4 Å². The Morgan fingerprint density at radius 3 is 2.30 bits per heavy atom. The van der Waals surface area contributed by atoms with Crippen LogP contribution in [0.25, 0.3) is 11.3 Å². The smallest absolute Gasteiger partial charge is 0.303 e. The predicted molar refractivity (Wildman–Crippen MR) is 148 cm³/mol. The number of esters is 3. The molecule has 0 radical (unpaired) electrons. The summed E-state index contributed by atoms with van der Waals surface area (Å²) in [5.41, 5.74) is -0.0973. The zero-order valence-electron chi connectivity index (χ0n) is 23.2. The fraction of sp³-hybridized carbons (Fsp3) is 0.393. The highest BCUT2D eigenvalue weighted by Gasteiger charge is 2.51. The minimum Gasteiger partial charge on any atom is -0.463 e.